The van der Waals surface area contributed by atoms with Crippen LogP contribution >= 0.6 is 0 Å². The Morgan fingerprint density at radius 2 is 2.12 bits per heavy atom. The molecule has 3 rings (SSSR count). The standard InChI is InChI=1S/C19H25N3O2/c1-13-14(2)20-18(21-19(13)23)16-8-6-10-22(12-16)11-15-7-4-5-9-17(15)24-3/h4-5,7,9,16H,6,8,10-12H2,1-3H3,(H,20,21,23)/t16-/m1/s1. The molecule has 1 aliphatic rings. The SMILES string of the molecule is COc1ccccc1CN1CCC[C@@H](c2nc(C)c(C)c(=O)[nH]2)C1. The van der Waals surface area contributed by atoms with Crippen molar-refractivity contribution in [3.8, 4) is 5.75 Å². The molecule has 1 fully saturated rings. The molecule has 1 saturated heterocycles. The number of benzene rings is 1. The van der Waals surface area contributed by atoms with E-state index in [1.807, 2.05) is 32.0 Å². The average Bonchev–Trinajstić information content (AvgIpc) is 2.60. The predicted molar refractivity (Wildman–Crippen MR) is 94.6 cm³/mol. The Morgan fingerprint density at radius 1 is 1.33 bits per heavy atom. The molecule has 0 unspecified atom stereocenters. The summed E-state index contributed by atoms with van der Waals surface area (Å²) in [6, 6.07) is 8.14. The molecule has 1 aromatic carbocycles. The first-order chi connectivity index (χ1) is 11.6. The number of para-hydroxylation sites is 1. The van der Waals surface area contributed by atoms with E-state index < -0.39 is 0 Å². The van der Waals surface area contributed by atoms with Crippen LogP contribution in [0.3, 0.4) is 0 Å². The molecule has 1 aromatic heterocycles. The van der Waals surface area contributed by atoms with Crippen molar-refractivity contribution >= 4 is 0 Å². The summed E-state index contributed by atoms with van der Waals surface area (Å²) in [5.41, 5.74) is 2.72. The van der Waals surface area contributed by atoms with Crippen molar-refractivity contribution in [2.75, 3.05) is 20.2 Å². The monoisotopic (exact) mass is 327 g/mol. The number of aromatic amines is 1. The Hall–Kier alpha value is -2.14. The van der Waals surface area contributed by atoms with Crippen LogP contribution in [0, 0.1) is 13.8 Å². The number of likely N-dealkylation sites (tertiary alicyclic amines) is 1. The smallest absolute Gasteiger partial charge is 0.254 e. The van der Waals surface area contributed by atoms with Crippen LogP contribution in [0.15, 0.2) is 29.1 Å². The molecule has 1 N–H and O–H groups in total. The third-order valence-corrected chi connectivity index (χ3v) is 4.89. The van der Waals surface area contributed by atoms with Crippen molar-refractivity contribution in [2.24, 2.45) is 0 Å². The topological polar surface area (TPSA) is 58.2 Å². The lowest BCUT2D eigenvalue weighted by Gasteiger charge is -2.32. The van der Waals surface area contributed by atoms with Gasteiger partial charge < -0.3 is 9.72 Å². The Bertz CT molecular complexity index is 769. The van der Waals surface area contributed by atoms with E-state index in [1.165, 1.54) is 5.56 Å². The van der Waals surface area contributed by atoms with Crippen molar-refractivity contribution in [3.05, 3.63) is 57.3 Å². The highest BCUT2D eigenvalue weighted by Gasteiger charge is 2.24. The van der Waals surface area contributed by atoms with E-state index in [2.05, 4.69) is 20.9 Å². The third kappa shape index (κ3) is 3.51. The summed E-state index contributed by atoms with van der Waals surface area (Å²) in [5.74, 6) is 2.03. The van der Waals surface area contributed by atoms with E-state index >= 15 is 0 Å². The van der Waals surface area contributed by atoms with E-state index in [1.54, 1.807) is 7.11 Å². The fourth-order valence-electron chi connectivity index (χ4n) is 3.36. The van der Waals surface area contributed by atoms with Gasteiger partial charge in [0.05, 0.1) is 7.11 Å². The van der Waals surface area contributed by atoms with Gasteiger partial charge in [-0.2, -0.15) is 0 Å². The molecular formula is C19H25N3O2. The zero-order chi connectivity index (χ0) is 17.1. The maximum Gasteiger partial charge on any atom is 0.254 e. The third-order valence-electron chi connectivity index (χ3n) is 4.89. The fraction of sp³-hybridized carbons (Fsp3) is 0.474. The molecule has 0 aliphatic carbocycles. The maximum atomic E-state index is 12.0. The van der Waals surface area contributed by atoms with Crippen molar-refractivity contribution in [1.82, 2.24) is 14.9 Å². The molecule has 2 heterocycles. The predicted octanol–water partition coefficient (Wildman–Crippen LogP) is 2.77. The number of ether oxygens (including phenoxy) is 1. The maximum absolute atomic E-state index is 12.0. The first kappa shape index (κ1) is 16.7. The van der Waals surface area contributed by atoms with Gasteiger partial charge in [0.2, 0.25) is 0 Å². The van der Waals surface area contributed by atoms with Crippen LogP contribution in [0.25, 0.3) is 0 Å². The van der Waals surface area contributed by atoms with Crippen molar-refractivity contribution < 1.29 is 4.74 Å². The molecule has 1 atom stereocenters. The number of piperidine rings is 1. The molecule has 5 nitrogen and oxygen atoms in total. The lowest BCUT2D eigenvalue weighted by molar-refractivity contribution is 0.194. The van der Waals surface area contributed by atoms with Crippen LogP contribution in [0.5, 0.6) is 5.75 Å². The van der Waals surface area contributed by atoms with Gasteiger partial charge in [-0.25, -0.2) is 4.98 Å². The Kier molecular flexibility index (Phi) is 5.00. The van der Waals surface area contributed by atoms with Gasteiger partial charge in [0, 0.05) is 35.8 Å². The molecule has 0 radical (unpaired) electrons. The zero-order valence-corrected chi connectivity index (χ0v) is 14.6. The van der Waals surface area contributed by atoms with E-state index in [9.17, 15) is 4.79 Å². The molecule has 0 spiro atoms. The summed E-state index contributed by atoms with van der Waals surface area (Å²) in [4.78, 5) is 22.1. The Morgan fingerprint density at radius 3 is 2.88 bits per heavy atom. The number of hydrogen-bond donors (Lipinski definition) is 1. The number of methoxy groups -OCH3 is 1. The minimum absolute atomic E-state index is 0.0145. The second-order valence-electron chi connectivity index (χ2n) is 6.55. The van der Waals surface area contributed by atoms with Crippen molar-refractivity contribution in [1.29, 1.82) is 0 Å². The largest absolute Gasteiger partial charge is 0.496 e. The molecule has 0 bridgehead atoms. The van der Waals surface area contributed by atoms with Gasteiger partial charge in [-0.15, -0.1) is 0 Å². The summed E-state index contributed by atoms with van der Waals surface area (Å²) in [6.45, 7) is 6.55. The van der Waals surface area contributed by atoms with Gasteiger partial charge in [-0.3, -0.25) is 9.69 Å². The quantitative estimate of drug-likeness (QED) is 0.938. The number of nitrogens with one attached hydrogen (secondary N) is 1. The van der Waals surface area contributed by atoms with Gasteiger partial charge in [-0.1, -0.05) is 18.2 Å². The molecule has 0 saturated carbocycles. The van der Waals surface area contributed by atoms with Crippen LogP contribution < -0.4 is 10.3 Å². The average molecular weight is 327 g/mol. The minimum Gasteiger partial charge on any atom is -0.496 e. The van der Waals surface area contributed by atoms with E-state index in [4.69, 9.17) is 4.74 Å². The summed E-state index contributed by atoms with van der Waals surface area (Å²) in [6.07, 6.45) is 2.17. The number of aryl methyl sites for hydroxylation is 1. The van der Waals surface area contributed by atoms with Crippen LogP contribution in [0.1, 0.15) is 41.4 Å². The molecule has 128 valence electrons. The molecule has 2 aromatic rings. The van der Waals surface area contributed by atoms with E-state index in [-0.39, 0.29) is 11.5 Å². The first-order valence-corrected chi connectivity index (χ1v) is 8.50. The van der Waals surface area contributed by atoms with Crippen LogP contribution in [0.4, 0.5) is 0 Å². The Labute approximate surface area is 142 Å². The summed E-state index contributed by atoms with van der Waals surface area (Å²) < 4.78 is 5.46. The van der Waals surface area contributed by atoms with Gasteiger partial charge in [0.25, 0.3) is 5.56 Å². The number of aromatic nitrogens is 2. The summed E-state index contributed by atoms with van der Waals surface area (Å²) >= 11 is 0. The number of rotatable bonds is 4. The highest BCUT2D eigenvalue weighted by Crippen LogP contribution is 2.27. The molecule has 0 amide bonds. The lowest BCUT2D eigenvalue weighted by Crippen LogP contribution is -2.35. The van der Waals surface area contributed by atoms with E-state index in [0.717, 1.165) is 49.7 Å². The first-order valence-electron chi connectivity index (χ1n) is 8.50. The van der Waals surface area contributed by atoms with Crippen molar-refractivity contribution in [2.45, 2.75) is 39.2 Å². The second-order valence-corrected chi connectivity index (χ2v) is 6.55. The van der Waals surface area contributed by atoms with Gasteiger partial charge in [0.1, 0.15) is 11.6 Å². The number of H-pyrrole nitrogens is 1. The Balaban J connectivity index is 1.76. The highest BCUT2D eigenvalue weighted by atomic mass is 16.5. The lowest BCUT2D eigenvalue weighted by atomic mass is 9.96. The van der Waals surface area contributed by atoms with Crippen LogP contribution in [-0.2, 0) is 6.54 Å². The summed E-state index contributed by atoms with van der Waals surface area (Å²) in [5, 5.41) is 0. The van der Waals surface area contributed by atoms with Gasteiger partial charge in [-0.05, 0) is 39.3 Å². The number of hydrogen-bond acceptors (Lipinski definition) is 4. The van der Waals surface area contributed by atoms with Gasteiger partial charge >= 0.3 is 0 Å². The fourth-order valence-corrected chi connectivity index (χ4v) is 3.36. The molecule has 5 heteroatoms. The highest BCUT2D eigenvalue weighted by molar-refractivity contribution is 5.33. The van der Waals surface area contributed by atoms with Crippen LogP contribution in [0.2, 0.25) is 0 Å². The molecule has 24 heavy (non-hydrogen) atoms. The normalized spacial score (nSPS) is 18.5. The van der Waals surface area contributed by atoms with Crippen LogP contribution in [-0.4, -0.2) is 35.1 Å². The summed E-state index contributed by atoms with van der Waals surface area (Å²) in [7, 11) is 1.71. The molecule has 1 aliphatic heterocycles. The minimum atomic E-state index is -0.0145. The second kappa shape index (κ2) is 7.18. The van der Waals surface area contributed by atoms with Crippen molar-refractivity contribution in [3.63, 3.8) is 0 Å². The number of nitrogens with zero attached hydrogens (tertiary/aromatic N) is 2. The molecular weight excluding hydrogens is 302 g/mol. The van der Waals surface area contributed by atoms with E-state index in [0.29, 0.717) is 5.56 Å². The van der Waals surface area contributed by atoms with Gasteiger partial charge in [0.15, 0.2) is 0 Å². The zero-order valence-electron chi connectivity index (χ0n) is 14.6.